The van der Waals surface area contributed by atoms with Crippen LogP contribution in [0.3, 0.4) is 0 Å². The normalized spacial score (nSPS) is 18.1. The van der Waals surface area contributed by atoms with Crippen LogP contribution in [-0.4, -0.2) is 86.0 Å². The van der Waals surface area contributed by atoms with Crippen LogP contribution in [0.1, 0.15) is 34.8 Å². The molecule has 0 bridgehead atoms. The molecule has 2 saturated heterocycles. The number of halogens is 2. The largest absolute Gasteiger partial charge is 0.497 e. The van der Waals surface area contributed by atoms with Gasteiger partial charge in [0.2, 0.25) is 5.91 Å². The highest BCUT2D eigenvalue weighted by Crippen LogP contribution is 2.21. The quantitative estimate of drug-likeness (QED) is 0.630. The number of piperazine rings is 1. The number of carbonyl (C=O) groups is 2. The van der Waals surface area contributed by atoms with Gasteiger partial charge < -0.3 is 19.9 Å². The third-order valence-electron chi connectivity index (χ3n) is 6.84. The van der Waals surface area contributed by atoms with Crippen molar-refractivity contribution in [2.75, 3.05) is 53.4 Å². The molecule has 0 saturated carbocycles. The number of amides is 2. The molecule has 0 aromatic heterocycles. The van der Waals surface area contributed by atoms with Crippen molar-refractivity contribution in [2.24, 2.45) is 0 Å². The molecule has 0 unspecified atom stereocenters. The summed E-state index contributed by atoms with van der Waals surface area (Å²) in [5.74, 6) is 0.362. The van der Waals surface area contributed by atoms with E-state index in [0.717, 1.165) is 31.7 Å². The smallest absolute Gasteiger partial charge is 0.252 e. The minimum absolute atomic E-state index is 0. The van der Waals surface area contributed by atoms with Gasteiger partial charge in [-0.1, -0.05) is 30.3 Å². The summed E-state index contributed by atoms with van der Waals surface area (Å²) in [5.41, 5.74) is 1.29. The molecule has 4 rings (SSSR count). The van der Waals surface area contributed by atoms with Gasteiger partial charge in [-0.25, -0.2) is 0 Å². The molecule has 9 heteroatoms. The topological polar surface area (TPSA) is 65.1 Å². The fourth-order valence-electron chi connectivity index (χ4n) is 4.74. The highest BCUT2D eigenvalue weighted by atomic mass is 35.5. The van der Waals surface area contributed by atoms with E-state index in [4.69, 9.17) is 4.74 Å². The molecule has 2 heterocycles. The fraction of sp³-hybridized carbons (Fsp3) is 0.462. The molecule has 2 amide bonds. The van der Waals surface area contributed by atoms with Crippen molar-refractivity contribution in [2.45, 2.75) is 24.9 Å². The van der Waals surface area contributed by atoms with E-state index in [0.29, 0.717) is 30.4 Å². The number of ether oxygens (including phenoxy) is 1. The van der Waals surface area contributed by atoms with Crippen molar-refractivity contribution in [1.82, 2.24) is 20.0 Å². The molecular weight excluding hydrogens is 487 g/mol. The monoisotopic (exact) mass is 522 g/mol. The number of hydrogen-bond donors (Lipinski definition) is 1. The summed E-state index contributed by atoms with van der Waals surface area (Å²) in [7, 11) is 3.77. The number of rotatable bonds is 6. The number of benzene rings is 2. The van der Waals surface area contributed by atoms with Gasteiger partial charge in [-0.15, -0.1) is 24.8 Å². The Balaban J connectivity index is 0.00000216. The molecular formula is C26H36Cl2N4O3. The first-order valence-electron chi connectivity index (χ1n) is 11.8. The van der Waals surface area contributed by atoms with Crippen LogP contribution in [0.4, 0.5) is 0 Å². The molecule has 0 aliphatic carbocycles. The van der Waals surface area contributed by atoms with Crippen LogP contribution < -0.4 is 10.1 Å². The molecule has 192 valence electrons. The molecule has 0 radical (unpaired) electrons. The first kappa shape index (κ1) is 28.9. The standard InChI is InChI=1S/C26H34N4O3.2ClH/c1-28-14-12-22(13-15-28)29-16-18-30(19-17-29)26(32)24(20-6-4-3-5-7-20)27-25(31)21-8-10-23(33-2)11-9-21;;/h3-11,22,24H,12-19H2,1-2H3,(H,27,31);2*1H/t24-;;/m1../s1. The van der Waals surface area contributed by atoms with Crippen molar-refractivity contribution in [3.8, 4) is 5.75 Å². The molecule has 1 atom stereocenters. The second-order valence-electron chi connectivity index (χ2n) is 8.94. The van der Waals surface area contributed by atoms with E-state index in [1.165, 1.54) is 12.8 Å². The highest BCUT2D eigenvalue weighted by Gasteiger charge is 2.32. The van der Waals surface area contributed by atoms with Gasteiger partial charge in [-0.2, -0.15) is 0 Å². The van der Waals surface area contributed by atoms with Crippen LogP contribution >= 0.6 is 24.8 Å². The second kappa shape index (κ2) is 13.7. The summed E-state index contributed by atoms with van der Waals surface area (Å²) in [5, 5.41) is 2.97. The minimum atomic E-state index is -0.712. The third-order valence-corrected chi connectivity index (χ3v) is 6.84. The molecule has 0 spiro atoms. The van der Waals surface area contributed by atoms with Gasteiger partial charge in [0.1, 0.15) is 11.8 Å². The maximum atomic E-state index is 13.6. The summed E-state index contributed by atoms with van der Waals surface area (Å²) in [6, 6.07) is 16.3. The number of carbonyl (C=O) groups excluding carboxylic acids is 2. The second-order valence-corrected chi connectivity index (χ2v) is 8.94. The fourth-order valence-corrected chi connectivity index (χ4v) is 4.74. The van der Waals surface area contributed by atoms with Crippen LogP contribution in [0.15, 0.2) is 54.6 Å². The van der Waals surface area contributed by atoms with Crippen molar-refractivity contribution in [3.63, 3.8) is 0 Å². The third kappa shape index (κ3) is 7.34. The molecule has 2 aliphatic heterocycles. The molecule has 2 aliphatic rings. The zero-order valence-corrected chi connectivity index (χ0v) is 22.0. The van der Waals surface area contributed by atoms with Crippen LogP contribution in [0, 0.1) is 0 Å². The number of piperidine rings is 1. The van der Waals surface area contributed by atoms with Crippen molar-refractivity contribution in [1.29, 1.82) is 0 Å². The summed E-state index contributed by atoms with van der Waals surface area (Å²) < 4.78 is 5.18. The van der Waals surface area contributed by atoms with Gasteiger partial charge in [0, 0.05) is 37.8 Å². The maximum Gasteiger partial charge on any atom is 0.252 e. The van der Waals surface area contributed by atoms with Gasteiger partial charge in [0.05, 0.1) is 7.11 Å². The van der Waals surface area contributed by atoms with Crippen LogP contribution in [0.2, 0.25) is 0 Å². The first-order valence-corrected chi connectivity index (χ1v) is 11.8. The molecule has 7 nitrogen and oxygen atoms in total. The average Bonchev–Trinajstić information content (AvgIpc) is 2.88. The molecule has 2 aromatic carbocycles. The van der Waals surface area contributed by atoms with Gasteiger partial charge in [0.15, 0.2) is 0 Å². The number of nitrogens with zero attached hydrogens (tertiary/aromatic N) is 3. The van der Waals surface area contributed by atoms with Crippen LogP contribution in [0.5, 0.6) is 5.75 Å². The van der Waals surface area contributed by atoms with Gasteiger partial charge in [-0.3, -0.25) is 14.5 Å². The summed E-state index contributed by atoms with van der Waals surface area (Å²) >= 11 is 0. The van der Waals surface area contributed by atoms with E-state index in [-0.39, 0.29) is 36.6 Å². The van der Waals surface area contributed by atoms with E-state index < -0.39 is 6.04 Å². The Morgan fingerprint density at radius 2 is 1.49 bits per heavy atom. The van der Waals surface area contributed by atoms with E-state index in [2.05, 4.69) is 22.2 Å². The number of nitrogens with one attached hydrogen (secondary N) is 1. The Kier molecular flexibility index (Phi) is 11.3. The Hall–Kier alpha value is -2.32. The van der Waals surface area contributed by atoms with Gasteiger partial charge in [-0.05, 0) is 62.8 Å². The molecule has 2 fully saturated rings. The SMILES string of the molecule is COc1ccc(C(=O)N[C@@H](C(=O)N2CCN(C3CCN(C)CC3)CC2)c2ccccc2)cc1.Cl.Cl. The predicted octanol–water partition coefficient (Wildman–Crippen LogP) is 3.25. The van der Waals surface area contributed by atoms with Crippen LogP contribution in [-0.2, 0) is 4.79 Å². The first-order chi connectivity index (χ1) is 16.0. The lowest BCUT2D eigenvalue weighted by Gasteiger charge is -2.42. The van der Waals surface area contributed by atoms with Crippen molar-refractivity contribution in [3.05, 3.63) is 65.7 Å². The maximum absolute atomic E-state index is 13.6. The summed E-state index contributed by atoms with van der Waals surface area (Å²) in [6.07, 6.45) is 2.38. The highest BCUT2D eigenvalue weighted by molar-refractivity contribution is 5.98. The Labute approximate surface area is 220 Å². The van der Waals surface area contributed by atoms with E-state index in [9.17, 15) is 9.59 Å². The zero-order chi connectivity index (χ0) is 23.2. The number of hydrogen-bond acceptors (Lipinski definition) is 5. The zero-order valence-electron chi connectivity index (χ0n) is 20.4. The Bertz CT molecular complexity index is 929. The van der Waals surface area contributed by atoms with Crippen LogP contribution in [0.25, 0.3) is 0 Å². The number of likely N-dealkylation sites (tertiary alicyclic amines) is 1. The minimum Gasteiger partial charge on any atom is -0.497 e. The predicted molar refractivity (Wildman–Crippen MR) is 143 cm³/mol. The lowest BCUT2D eigenvalue weighted by Crippen LogP contribution is -2.55. The lowest BCUT2D eigenvalue weighted by atomic mass is 10.0. The Morgan fingerprint density at radius 1 is 0.886 bits per heavy atom. The van der Waals surface area contributed by atoms with Gasteiger partial charge in [0.25, 0.3) is 5.91 Å². The number of methoxy groups -OCH3 is 1. The van der Waals surface area contributed by atoms with Gasteiger partial charge >= 0.3 is 0 Å². The summed E-state index contributed by atoms with van der Waals surface area (Å²) in [6.45, 7) is 5.41. The lowest BCUT2D eigenvalue weighted by molar-refractivity contribution is -0.135. The van der Waals surface area contributed by atoms with E-state index in [1.807, 2.05) is 35.2 Å². The van der Waals surface area contributed by atoms with Crippen molar-refractivity contribution >= 4 is 36.6 Å². The van der Waals surface area contributed by atoms with E-state index in [1.54, 1.807) is 31.4 Å². The molecule has 1 N–H and O–H groups in total. The molecule has 35 heavy (non-hydrogen) atoms. The van der Waals surface area contributed by atoms with E-state index >= 15 is 0 Å². The molecule has 2 aromatic rings. The average molecular weight is 524 g/mol. The van der Waals surface area contributed by atoms with Crippen molar-refractivity contribution < 1.29 is 14.3 Å². The summed E-state index contributed by atoms with van der Waals surface area (Å²) in [4.78, 5) is 33.3. The Morgan fingerprint density at radius 3 is 2.06 bits per heavy atom.